The zero-order valence-electron chi connectivity index (χ0n) is 11.5. The maximum atomic E-state index is 5.12. The predicted molar refractivity (Wildman–Crippen MR) is 77.3 cm³/mol. The van der Waals surface area contributed by atoms with E-state index in [2.05, 4.69) is 41.6 Å². The van der Waals surface area contributed by atoms with Crippen molar-refractivity contribution in [2.75, 3.05) is 25.6 Å². The van der Waals surface area contributed by atoms with E-state index in [0.717, 1.165) is 25.4 Å². The van der Waals surface area contributed by atoms with Crippen molar-refractivity contribution in [1.29, 1.82) is 0 Å². The highest BCUT2D eigenvalue weighted by molar-refractivity contribution is 5.44. The molecular weight excluding hydrogens is 238 g/mol. The molecule has 1 unspecified atom stereocenters. The Morgan fingerprint density at radius 1 is 1.32 bits per heavy atom. The summed E-state index contributed by atoms with van der Waals surface area (Å²) in [5.41, 5.74) is 2.39. The van der Waals surface area contributed by atoms with E-state index < -0.39 is 0 Å². The van der Waals surface area contributed by atoms with Crippen LogP contribution in [0, 0.1) is 5.92 Å². The Kier molecular flexibility index (Phi) is 4.98. The van der Waals surface area contributed by atoms with Gasteiger partial charge in [-0.15, -0.1) is 0 Å². The van der Waals surface area contributed by atoms with E-state index in [-0.39, 0.29) is 0 Å². The third kappa shape index (κ3) is 4.41. The molecular formula is C15H21N3O. The SMILES string of the molecule is COCC(C)CNc1ccc(Cn2cccn2)cc1. The molecule has 0 saturated heterocycles. The van der Waals surface area contributed by atoms with E-state index in [0.29, 0.717) is 5.92 Å². The smallest absolute Gasteiger partial charge is 0.0659 e. The van der Waals surface area contributed by atoms with E-state index in [1.807, 2.05) is 16.9 Å². The number of nitrogens with one attached hydrogen (secondary N) is 1. The number of nitrogens with zero attached hydrogens (tertiary/aromatic N) is 2. The van der Waals surface area contributed by atoms with Gasteiger partial charge in [-0.05, 0) is 29.7 Å². The van der Waals surface area contributed by atoms with Gasteiger partial charge in [0, 0.05) is 31.7 Å². The molecule has 0 aliphatic heterocycles. The predicted octanol–water partition coefficient (Wildman–Crippen LogP) is 2.63. The summed E-state index contributed by atoms with van der Waals surface area (Å²) in [4.78, 5) is 0. The second-order valence-corrected chi connectivity index (χ2v) is 4.84. The summed E-state index contributed by atoms with van der Waals surface area (Å²) in [6, 6.07) is 10.4. The minimum absolute atomic E-state index is 0.508. The fourth-order valence-electron chi connectivity index (χ4n) is 1.94. The number of hydrogen-bond donors (Lipinski definition) is 1. The molecule has 102 valence electrons. The highest BCUT2D eigenvalue weighted by Crippen LogP contribution is 2.11. The van der Waals surface area contributed by atoms with Crippen molar-refractivity contribution in [3.8, 4) is 0 Å². The van der Waals surface area contributed by atoms with Crippen LogP contribution in [0.2, 0.25) is 0 Å². The Morgan fingerprint density at radius 3 is 2.74 bits per heavy atom. The van der Waals surface area contributed by atoms with Gasteiger partial charge >= 0.3 is 0 Å². The molecule has 19 heavy (non-hydrogen) atoms. The summed E-state index contributed by atoms with van der Waals surface area (Å²) in [6.45, 7) is 4.69. The van der Waals surface area contributed by atoms with Gasteiger partial charge in [0.1, 0.15) is 0 Å². The monoisotopic (exact) mass is 259 g/mol. The van der Waals surface area contributed by atoms with Gasteiger partial charge in [-0.1, -0.05) is 19.1 Å². The van der Waals surface area contributed by atoms with E-state index in [1.54, 1.807) is 13.3 Å². The van der Waals surface area contributed by atoms with Gasteiger partial charge in [0.2, 0.25) is 0 Å². The topological polar surface area (TPSA) is 39.1 Å². The molecule has 0 radical (unpaired) electrons. The van der Waals surface area contributed by atoms with Crippen LogP contribution in [0.15, 0.2) is 42.7 Å². The van der Waals surface area contributed by atoms with E-state index >= 15 is 0 Å². The summed E-state index contributed by atoms with van der Waals surface area (Å²) < 4.78 is 7.04. The van der Waals surface area contributed by atoms with Crippen molar-refractivity contribution in [3.63, 3.8) is 0 Å². The van der Waals surface area contributed by atoms with Crippen LogP contribution < -0.4 is 5.32 Å². The number of ether oxygens (including phenoxy) is 1. The zero-order valence-corrected chi connectivity index (χ0v) is 11.5. The van der Waals surface area contributed by atoms with Crippen molar-refractivity contribution in [1.82, 2.24) is 9.78 Å². The van der Waals surface area contributed by atoms with Crippen LogP contribution in [0.5, 0.6) is 0 Å². The molecule has 0 fully saturated rings. The van der Waals surface area contributed by atoms with Gasteiger partial charge in [0.05, 0.1) is 13.2 Å². The normalized spacial score (nSPS) is 12.3. The highest BCUT2D eigenvalue weighted by atomic mass is 16.5. The molecule has 0 amide bonds. The average molecular weight is 259 g/mol. The first-order valence-corrected chi connectivity index (χ1v) is 6.57. The minimum atomic E-state index is 0.508. The third-order valence-corrected chi connectivity index (χ3v) is 2.96. The lowest BCUT2D eigenvalue weighted by Gasteiger charge is -2.13. The second kappa shape index (κ2) is 6.95. The molecule has 1 aromatic carbocycles. The largest absolute Gasteiger partial charge is 0.385 e. The number of anilines is 1. The van der Waals surface area contributed by atoms with Crippen LogP contribution in [-0.4, -0.2) is 30.0 Å². The maximum Gasteiger partial charge on any atom is 0.0659 e. The fourth-order valence-corrected chi connectivity index (χ4v) is 1.94. The first kappa shape index (κ1) is 13.6. The first-order valence-electron chi connectivity index (χ1n) is 6.57. The molecule has 1 N–H and O–H groups in total. The molecule has 4 nitrogen and oxygen atoms in total. The molecule has 2 aromatic rings. The lowest BCUT2D eigenvalue weighted by Crippen LogP contribution is -2.15. The Bertz CT molecular complexity index is 465. The molecule has 0 saturated carbocycles. The summed E-state index contributed by atoms with van der Waals surface area (Å²) in [7, 11) is 1.74. The Balaban J connectivity index is 1.84. The van der Waals surface area contributed by atoms with Gasteiger partial charge in [-0.3, -0.25) is 4.68 Å². The van der Waals surface area contributed by atoms with Gasteiger partial charge < -0.3 is 10.1 Å². The molecule has 0 spiro atoms. The van der Waals surface area contributed by atoms with Crippen LogP contribution in [0.1, 0.15) is 12.5 Å². The number of rotatable bonds is 7. The molecule has 1 atom stereocenters. The lowest BCUT2D eigenvalue weighted by molar-refractivity contribution is 0.164. The number of hydrogen-bond acceptors (Lipinski definition) is 3. The van der Waals surface area contributed by atoms with Crippen LogP contribution in [-0.2, 0) is 11.3 Å². The molecule has 2 rings (SSSR count). The van der Waals surface area contributed by atoms with Crippen molar-refractivity contribution >= 4 is 5.69 Å². The number of aromatic nitrogens is 2. The maximum absolute atomic E-state index is 5.12. The molecule has 0 aliphatic carbocycles. The quantitative estimate of drug-likeness (QED) is 0.830. The molecule has 1 aromatic heterocycles. The standard InChI is InChI=1S/C15H21N3O/c1-13(12-19-2)10-16-15-6-4-14(5-7-15)11-18-9-3-8-17-18/h3-9,13,16H,10-12H2,1-2H3. The van der Waals surface area contributed by atoms with Crippen molar-refractivity contribution in [3.05, 3.63) is 48.3 Å². The zero-order chi connectivity index (χ0) is 13.5. The van der Waals surface area contributed by atoms with Crippen molar-refractivity contribution in [2.24, 2.45) is 5.92 Å². The second-order valence-electron chi connectivity index (χ2n) is 4.84. The summed E-state index contributed by atoms with van der Waals surface area (Å²) in [6.07, 6.45) is 3.77. The van der Waals surface area contributed by atoms with Crippen molar-refractivity contribution in [2.45, 2.75) is 13.5 Å². The van der Waals surface area contributed by atoms with Crippen LogP contribution in [0.25, 0.3) is 0 Å². The lowest BCUT2D eigenvalue weighted by atomic mass is 10.1. The molecule has 4 heteroatoms. The third-order valence-electron chi connectivity index (χ3n) is 2.96. The summed E-state index contributed by atoms with van der Waals surface area (Å²) >= 11 is 0. The minimum Gasteiger partial charge on any atom is -0.385 e. The molecule has 0 bridgehead atoms. The fraction of sp³-hybridized carbons (Fsp3) is 0.400. The van der Waals surface area contributed by atoms with Gasteiger partial charge in [-0.2, -0.15) is 5.10 Å². The highest BCUT2D eigenvalue weighted by Gasteiger charge is 2.01. The summed E-state index contributed by atoms with van der Waals surface area (Å²) in [5.74, 6) is 0.508. The van der Waals surface area contributed by atoms with Crippen molar-refractivity contribution < 1.29 is 4.74 Å². The first-order chi connectivity index (χ1) is 9.28. The van der Waals surface area contributed by atoms with Crippen LogP contribution in [0.4, 0.5) is 5.69 Å². The van der Waals surface area contributed by atoms with Gasteiger partial charge in [-0.25, -0.2) is 0 Å². The van der Waals surface area contributed by atoms with Crippen LogP contribution in [0.3, 0.4) is 0 Å². The number of benzene rings is 1. The van der Waals surface area contributed by atoms with Crippen LogP contribution >= 0.6 is 0 Å². The Hall–Kier alpha value is -1.81. The Morgan fingerprint density at radius 2 is 2.11 bits per heavy atom. The molecule has 1 heterocycles. The van der Waals surface area contributed by atoms with Gasteiger partial charge in [0.25, 0.3) is 0 Å². The van der Waals surface area contributed by atoms with Gasteiger partial charge in [0.15, 0.2) is 0 Å². The van der Waals surface area contributed by atoms with E-state index in [4.69, 9.17) is 4.74 Å². The molecule has 0 aliphatic rings. The van der Waals surface area contributed by atoms with E-state index in [9.17, 15) is 0 Å². The summed E-state index contributed by atoms with van der Waals surface area (Å²) in [5, 5.41) is 7.61. The Labute approximate surface area is 114 Å². The number of methoxy groups -OCH3 is 1. The van der Waals surface area contributed by atoms with E-state index in [1.165, 1.54) is 5.56 Å². The average Bonchev–Trinajstić information content (AvgIpc) is 2.91.